The molecule has 2 aromatic rings. The van der Waals surface area contributed by atoms with Gasteiger partial charge in [0.05, 0.1) is 7.11 Å². The van der Waals surface area contributed by atoms with Crippen LogP contribution in [0.3, 0.4) is 0 Å². The lowest BCUT2D eigenvalue weighted by molar-refractivity contribution is 0.414. The summed E-state index contributed by atoms with van der Waals surface area (Å²) in [6, 6.07) is 17.0. The highest BCUT2D eigenvalue weighted by Crippen LogP contribution is 2.39. The maximum absolute atomic E-state index is 5.21. The Bertz CT molecular complexity index is 593. The lowest BCUT2D eigenvalue weighted by Crippen LogP contribution is -1.95. The molecule has 18 heavy (non-hydrogen) atoms. The second-order valence-electron chi connectivity index (χ2n) is 4.69. The molecule has 90 valence electrons. The van der Waals surface area contributed by atoms with E-state index in [1.54, 1.807) is 7.11 Å². The van der Waals surface area contributed by atoms with Crippen LogP contribution >= 0.6 is 0 Å². The average Bonchev–Trinajstić information content (AvgIpc) is 2.77. The van der Waals surface area contributed by atoms with Crippen molar-refractivity contribution in [3.8, 4) is 5.75 Å². The topological polar surface area (TPSA) is 9.23 Å². The highest BCUT2D eigenvalue weighted by molar-refractivity contribution is 5.75. The van der Waals surface area contributed by atoms with Gasteiger partial charge in [-0.3, -0.25) is 0 Å². The van der Waals surface area contributed by atoms with Gasteiger partial charge in [-0.05, 0) is 41.3 Å². The Balaban J connectivity index is 2.03. The first-order valence-electron chi connectivity index (χ1n) is 6.21. The molecule has 0 amide bonds. The van der Waals surface area contributed by atoms with Gasteiger partial charge in [0.15, 0.2) is 0 Å². The van der Waals surface area contributed by atoms with Gasteiger partial charge < -0.3 is 4.74 Å². The molecule has 3 rings (SSSR count). The fraction of sp³-hybridized carbons (Fsp3) is 0.176. The summed E-state index contributed by atoms with van der Waals surface area (Å²) in [4.78, 5) is 0. The lowest BCUT2D eigenvalue weighted by atomic mass is 9.93. The molecule has 1 heteroatoms. The number of benzene rings is 2. The van der Waals surface area contributed by atoms with Crippen molar-refractivity contribution in [2.45, 2.75) is 12.8 Å². The zero-order valence-electron chi connectivity index (χ0n) is 10.7. The summed E-state index contributed by atoms with van der Waals surface area (Å²) < 4.78 is 5.21. The average molecular weight is 236 g/mol. The molecule has 1 aliphatic carbocycles. The number of fused-ring (bicyclic) bond motifs is 1. The van der Waals surface area contributed by atoms with Crippen LogP contribution in [0.15, 0.2) is 54.6 Å². The normalized spacial score (nSPS) is 17.2. The molecule has 0 saturated heterocycles. The maximum atomic E-state index is 5.21. The molecule has 0 bridgehead atoms. The number of hydrogen-bond acceptors (Lipinski definition) is 1. The van der Waals surface area contributed by atoms with Crippen LogP contribution in [0, 0.1) is 0 Å². The monoisotopic (exact) mass is 236 g/mol. The number of rotatable bonds is 2. The Morgan fingerprint density at radius 2 is 1.67 bits per heavy atom. The Morgan fingerprint density at radius 1 is 0.944 bits per heavy atom. The third-order valence-electron chi connectivity index (χ3n) is 3.61. The van der Waals surface area contributed by atoms with Crippen molar-refractivity contribution in [2.75, 3.05) is 7.11 Å². The van der Waals surface area contributed by atoms with Crippen molar-refractivity contribution >= 4 is 5.57 Å². The molecule has 0 heterocycles. The predicted molar refractivity (Wildman–Crippen MR) is 74.9 cm³/mol. The van der Waals surface area contributed by atoms with E-state index in [0.29, 0.717) is 5.92 Å². The van der Waals surface area contributed by atoms with E-state index in [9.17, 15) is 0 Å². The number of ether oxygens (including phenoxy) is 1. The van der Waals surface area contributed by atoms with Crippen LogP contribution in [0.4, 0.5) is 0 Å². The molecule has 1 nitrogen and oxygen atoms in total. The van der Waals surface area contributed by atoms with Gasteiger partial charge in [-0.25, -0.2) is 0 Å². The molecule has 0 aromatic heterocycles. The molecule has 1 unspecified atom stereocenters. The van der Waals surface area contributed by atoms with E-state index in [-0.39, 0.29) is 0 Å². The van der Waals surface area contributed by atoms with Crippen molar-refractivity contribution in [2.24, 2.45) is 0 Å². The maximum Gasteiger partial charge on any atom is 0.118 e. The van der Waals surface area contributed by atoms with Gasteiger partial charge in [-0.2, -0.15) is 0 Å². The van der Waals surface area contributed by atoms with Gasteiger partial charge in [0.2, 0.25) is 0 Å². The number of allylic oxidation sites excluding steroid dienone is 2. The van der Waals surface area contributed by atoms with Crippen LogP contribution in [0.25, 0.3) is 5.57 Å². The van der Waals surface area contributed by atoms with Crippen molar-refractivity contribution in [3.05, 3.63) is 71.3 Å². The number of methoxy groups -OCH3 is 1. The first kappa shape index (κ1) is 11.1. The minimum absolute atomic E-state index is 0.382. The van der Waals surface area contributed by atoms with E-state index in [4.69, 9.17) is 4.74 Å². The summed E-state index contributed by atoms with van der Waals surface area (Å²) in [5.74, 6) is 1.29. The molecular weight excluding hydrogens is 220 g/mol. The standard InChI is InChI=1S/C17H16O/c1-12-11-17(16-6-4-3-5-15(12)16)13-7-9-14(18-2)10-8-13/h3-11,17H,1-2H3. The Labute approximate surface area is 108 Å². The quantitative estimate of drug-likeness (QED) is 0.757. The molecule has 1 aliphatic rings. The van der Waals surface area contributed by atoms with Crippen molar-refractivity contribution in [1.82, 2.24) is 0 Å². The molecule has 1 atom stereocenters. The van der Waals surface area contributed by atoms with E-state index in [1.165, 1.54) is 22.3 Å². The van der Waals surface area contributed by atoms with Crippen molar-refractivity contribution < 1.29 is 4.74 Å². The molecule has 0 N–H and O–H groups in total. The van der Waals surface area contributed by atoms with Gasteiger partial charge in [0.25, 0.3) is 0 Å². The van der Waals surface area contributed by atoms with Crippen molar-refractivity contribution in [3.63, 3.8) is 0 Å². The molecule has 0 spiro atoms. The summed E-state index contributed by atoms with van der Waals surface area (Å²) >= 11 is 0. The van der Waals surface area contributed by atoms with Gasteiger partial charge in [0.1, 0.15) is 5.75 Å². The van der Waals surface area contributed by atoms with E-state index in [0.717, 1.165) is 5.75 Å². The third kappa shape index (κ3) is 1.72. The highest BCUT2D eigenvalue weighted by atomic mass is 16.5. The molecule has 0 aliphatic heterocycles. The van der Waals surface area contributed by atoms with E-state index in [1.807, 2.05) is 12.1 Å². The summed E-state index contributed by atoms with van der Waals surface area (Å²) in [6.07, 6.45) is 2.34. The van der Waals surface area contributed by atoms with Crippen molar-refractivity contribution in [1.29, 1.82) is 0 Å². The molecule has 0 radical (unpaired) electrons. The Hall–Kier alpha value is -2.02. The van der Waals surface area contributed by atoms with Crippen LogP contribution in [0.1, 0.15) is 29.5 Å². The van der Waals surface area contributed by atoms with Gasteiger partial charge >= 0.3 is 0 Å². The second-order valence-corrected chi connectivity index (χ2v) is 4.69. The largest absolute Gasteiger partial charge is 0.497 e. The second kappa shape index (κ2) is 4.34. The SMILES string of the molecule is COc1ccc(C2C=C(C)c3ccccc32)cc1. The van der Waals surface area contributed by atoms with Gasteiger partial charge in [-0.1, -0.05) is 42.5 Å². The first-order chi connectivity index (χ1) is 8.79. The van der Waals surface area contributed by atoms with Crippen LogP contribution < -0.4 is 4.74 Å². The zero-order chi connectivity index (χ0) is 12.5. The van der Waals surface area contributed by atoms with Crippen LogP contribution in [-0.2, 0) is 0 Å². The van der Waals surface area contributed by atoms with E-state index < -0.39 is 0 Å². The fourth-order valence-corrected chi connectivity index (χ4v) is 2.64. The van der Waals surface area contributed by atoms with Gasteiger partial charge in [-0.15, -0.1) is 0 Å². The first-order valence-corrected chi connectivity index (χ1v) is 6.21. The predicted octanol–water partition coefficient (Wildman–Crippen LogP) is 4.24. The summed E-state index contributed by atoms with van der Waals surface area (Å²) in [6.45, 7) is 2.18. The Morgan fingerprint density at radius 3 is 2.39 bits per heavy atom. The summed E-state index contributed by atoms with van der Waals surface area (Å²) in [7, 11) is 1.70. The minimum Gasteiger partial charge on any atom is -0.497 e. The van der Waals surface area contributed by atoms with E-state index in [2.05, 4.69) is 49.4 Å². The molecule has 0 saturated carbocycles. The lowest BCUT2D eigenvalue weighted by Gasteiger charge is -2.11. The van der Waals surface area contributed by atoms with E-state index >= 15 is 0 Å². The highest BCUT2D eigenvalue weighted by Gasteiger charge is 2.21. The smallest absolute Gasteiger partial charge is 0.118 e. The number of hydrogen-bond donors (Lipinski definition) is 0. The van der Waals surface area contributed by atoms with Crippen LogP contribution in [0.5, 0.6) is 5.75 Å². The van der Waals surface area contributed by atoms with Crippen LogP contribution in [0.2, 0.25) is 0 Å². The summed E-state index contributed by atoms with van der Waals surface area (Å²) in [5, 5.41) is 0. The minimum atomic E-state index is 0.382. The zero-order valence-corrected chi connectivity index (χ0v) is 10.7. The van der Waals surface area contributed by atoms with Gasteiger partial charge in [0, 0.05) is 5.92 Å². The molecular formula is C17H16O. The molecule has 0 fully saturated rings. The van der Waals surface area contributed by atoms with Crippen LogP contribution in [-0.4, -0.2) is 7.11 Å². The third-order valence-corrected chi connectivity index (χ3v) is 3.61. The summed E-state index contributed by atoms with van der Waals surface area (Å²) in [5.41, 5.74) is 5.46. The Kier molecular flexibility index (Phi) is 2.67. The molecule has 2 aromatic carbocycles. The fourth-order valence-electron chi connectivity index (χ4n) is 2.64.